The Bertz CT molecular complexity index is 716. The molecule has 0 aromatic carbocycles. The van der Waals surface area contributed by atoms with Crippen molar-refractivity contribution in [2.24, 2.45) is 14.1 Å². The van der Waals surface area contributed by atoms with Crippen LogP contribution in [0.4, 0.5) is 5.69 Å². The second-order valence-corrected chi connectivity index (χ2v) is 5.95. The first-order valence-electron chi connectivity index (χ1n) is 7.76. The number of aryl methyl sites for hydroxylation is 2. The van der Waals surface area contributed by atoms with Crippen LogP contribution in [0, 0.1) is 0 Å². The molecule has 2 aromatic rings. The molecule has 2 rings (SSSR count). The highest BCUT2D eigenvalue weighted by Gasteiger charge is 2.15. The highest BCUT2D eigenvalue weighted by atomic mass is 16.2. The van der Waals surface area contributed by atoms with Crippen molar-refractivity contribution in [2.75, 3.05) is 32.5 Å². The first-order chi connectivity index (χ1) is 11.4. The van der Waals surface area contributed by atoms with E-state index >= 15 is 0 Å². The fraction of sp³-hybridized carbons (Fsp3) is 0.438. The molecule has 0 aliphatic rings. The number of hydrogen-bond donors (Lipinski definition) is 2. The molecule has 2 aromatic heterocycles. The molecular formula is C16H24N6O2. The second kappa shape index (κ2) is 7.78. The third-order valence-corrected chi connectivity index (χ3v) is 3.59. The second-order valence-electron chi connectivity index (χ2n) is 5.95. The number of imidazole rings is 1. The number of nitrogens with one attached hydrogen (secondary N) is 2. The third kappa shape index (κ3) is 4.45. The summed E-state index contributed by atoms with van der Waals surface area (Å²) in [7, 11) is 7.51. The summed E-state index contributed by atoms with van der Waals surface area (Å²) in [6, 6.07) is 1.65. The Hall–Kier alpha value is -2.61. The van der Waals surface area contributed by atoms with Gasteiger partial charge in [0.05, 0.1) is 5.69 Å². The van der Waals surface area contributed by atoms with E-state index in [2.05, 4.69) is 20.5 Å². The average Bonchev–Trinajstić information content (AvgIpc) is 3.09. The van der Waals surface area contributed by atoms with Gasteiger partial charge in [-0.2, -0.15) is 0 Å². The van der Waals surface area contributed by atoms with Gasteiger partial charge in [-0.25, -0.2) is 4.98 Å². The molecule has 24 heavy (non-hydrogen) atoms. The minimum absolute atomic E-state index is 0.159. The molecule has 0 fully saturated rings. The molecule has 0 atom stereocenters. The molecule has 2 amide bonds. The summed E-state index contributed by atoms with van der Waals surface area (Å²) in [4.78, 5) is 30.4. The highest BCUT2D eigenvalue weighted by molar-refractivity contribution is 6.03. The minimum atomic E-state index is -0.314. The van der Waals surface area contributed by atoms with Gasteiger partial charge in [-0.3, -0.25) is 9.59 Å². The van der Waals surface area contributed by atoms with E-state index in [-0.39, 0.29) is 11.8 Å². The summed E-state index contributed by atoms with van der Waals surface area (Å²) in [5, 5.41) is 5.64. The van der Waals surface area contributed by atoms with Crippen molar-refractivity contribution in [3.63, 3.8) is 0 Å². The summed E-state index contributed by atoms with van der Waals surface area (Å²) in [5.74, 6) is -0.159. The highest BCUT2D eigenvalue weighted by Crippen LogP contribution is 2.14. The predicted octanol–water partition coefficient (Wildman–Crippen LogP) is 0.692. The van der Waals surface area contributed by atoms with Crippen LogP contribution in [0.2, 0.25) is 0 Å². The fourth-order valence-electron chi connectivity index (χ4n) is 2.32. The van der Waals surface area contributed by atoms with E-state index in [0.29, 0.717) is 23.8 Å². The standard InChI is InChI=1S/C16H24N6O2/c1-20(2)8-5-6-18-15(23)13-10-12(11-22(13)4)19-16(24)14-17-7-9-21(14)3/h7,9-11H,5-6,8H2,1-4H3,(H,18,23)(H,19,24). The number of carbonyl (C=O) groups excluding carboxylic acids is 2. The van der Waals surface area contributed by atoms with E-state index in [0.717, 1.165) is 13.0 Å². The number of nitrogens with zero attached hydrogens (tertiary/aromatic N) is 4. The maximum Gasteiger partial charge on any atom is 0.291 e. The first-order valence-corrected chi connectivity index (χ1v) is 7.76. The van der Waals surface area contributed by atoms with Gasteiger partial charge >= 0.3 is 0 Å². The molecule has 0 spiro atoms. The SMILES string of the molecule is CN(C)CCCNC(=O)c1cc(NC(=O)c2nccn2C)cn1C. The Morgan fingerprint density at radius 1 is 1.21 bits per heavy atom. The largest absolute Gasteiger partial charge is 0.351 e. The summed E-state index contributed by atoms with van der Waals surface area (Å²) in [6.45, 7) is 1.52. The fourth-order valence-corrected chi connectivity index (χ4v) is 2.32. The summed E-state index contributed by atoms with van der Waals surface area (Å²) in [5.41, 5.74) is 1.05. The van der Waals surface area contributed by atoms with E-state index in [1.807, 2.05) is 14.1 Å². The maximum atomic E-state index is 12.2. The van der Waals surface area contributed by atoms with Crippen molar-refractivity contribution in [1.82, 2.24) is 24.3 Å². The summed E-state index contributed by atoms with van der Waals surface area (Å²) < 4.78 is 3.33. The Labute approximate surface area is 141 Å². The monoisotopic (exact) mass is 332 g/mol. The van der Waals surface area contributed by atoms with Gasteiger partial charge in [0, 0.05) is 39.2 Å². The lowest BCUT2D eigenvalue weighted by Crippen LogP contribution is -2.28. The number of rotatable bonds is 7. The Balaban J connectivity index is 1.95. The molecule has 0 radical (unpaired) electrons. The molecule has 130 valence electrons. The van der Waals surface area contributed by atoms with Gasteiger partial charge in [0.25, 0.3) is 11.8 Å². The van der Waals surface area contributed by atoms with Crippen LogP contribution in [0.5, 0.6) is 0 Å². The van der Waals surface area contributed by atoms with Crippen LogP contribution in [0.25, 0.3) is 0 Å². The molecule has 2 heterocycles. The normalized spacial score (nSPS) is 10.9. The van der Waals surface area contributed by atoms with E-state index < -0.39 is 0 Å². The number of aromatic nitrogens is 3. The quantitative estimate of drug-likeness (QED) is 0.731. The lowest BCUT2D eigenvalue weighted by atomic mass is 10.3. The van der Waals surface area contributed by atoms with Gasteiger partial charge in [-0.1, -0.05) is 0 Å². The number of hydrogen-bond acceptors (Lipinski definition) is 4. The van der Waals surface area contributed by atoms with E-state index in [9.17, 15) is 9.59 Å². The van der Waals surface area contributed by atoms with Gasteiger partial charge < -0.3 is 24.7 Å². The molecule has 0 bridgehead atoms. The molecule has 0 saturated carbocycles. The van der Waals surface area contributed by atoms with Crippen molar-refractivity contribution >= 4 is 17.5 Å². The van der Waals surface area contributed by atoms with Gasteiger partial charge in [0.2, 0.25) is 0 Å². The minimum Gasteiger partial charge on any atom is -0.351 e. The molecular weight excluding hydrogens is 308 g/mol. The van der Waals surface area contributed by atoms with Crippen LogP contribution in [0.1, 0.15) is 27.5 Å². The van der Waals surface area contributed by atoms with Crippen LogP contribution in [-0.2, 0) is 14.1 Å². The van der Waals surface area contributed by atoms with Crippen molar-refractivity contribution in [3.8, 4) is 0 Å². The van der Waals surface area contributed by atoms with Crippen LogP contribution in [0.15, 0.2) is 24.7 Å². The van der Waals surface area contributed by atoms with E-state index in [1.54, 1.807) is 47.9 Å². The van der Waals surface area contributed by atoms with Gasteiger partial charge in [0.15, 0.2) is 5.82 Å². The molecule has 0 saturated heterocycles. The van der Waals surface area contributed by atoms with Crippen LogP contribution >= 0.6 is 0 Å². The summed E-state index contributed by atoms with van der Waals surface area (Å²) in [6.07, 6.45) is 5.85. The van der Waals surface area contributed by atoms with Crippen molar-refractivity contribution < 1.29 is 9.59 Å². The van der Waals surface area contributed by atoms with E-state index in [1.165, 1.54) is 0 Å². The van der Waals surface area contributed by atoms with Crippen LogP contribution < -0.4 is 10.6 Å². The number of anilines is 1. The lowest BCUT2D eigenvalue weighted by Gasteiger charge is -2.10. The molecule has 8 heteroatoms. The Kier molecular flexibility index (Phi) is 5.75. The molecule has 0 unspecified atom stereocenters. The Morgan fingerprint density at radius 2 is 1.96 bits per heavy atom. The van der Waals surface area contributed by atoms with Crippen molar-refractivity contribution in [2.45, 2.75) is 6.42 Å². The topological polar surface area (TPSA) is 84.2 Å². The molecule has 0 aliphatic carbocycles. The smallest absolute Gasteiger partial charge is 0.291 e. The van der Waals surface area contributed by atoms with Crippen LogP contribution in [0.3, 0.4) is 0 Å². The first kappa shape index (κ1) is 17.7. The maximum absolute atomic E-state index is 12.2. The molecule has 8 nitrogen and oxygen atoms in total. The van der Waals surface area contributed by atoms with E-state index in [4.69, 9.17) is 0 Å². The molecule has 0 aliphatic heterocycles. The van der Waals surface area contributed by atoms with Crippen molar-refractivity contribution in [1.29, 1.82) is 0 Å². The third-order valence-electron chi connectivity index (χ3n) is 3.59. The summed E-state index contributed by atoms with van der Waals surface area (Å²) >= 11 is 0. The average molecular weight is 332 g/mol. The predicted molar refractivity (Wildman–Crippen MR) is 92.1 cm³/mol. The zero-order valence-corrected chi connectivity index (χ0v) is 14.5. The molecule has 2 N–H and O–H groups in total. The number of carbonyl (C=O) groups is 2. The van der Waals surface area contributed by atoms with Crippen molar-refractivity contribution in [3.05, 3.63) is 36.2 Å². The number of amides is 2. The van der Waals surface area contributed by atoms with Gasteiger partial charge in [-0.05, 0) is 33.1 Å². The van der Waals surface area contributed by atoms with Crippen LogP contribution in [-0.4, -0.2) is 58.0 Å². The Morgan fingerprint density at radius 3 is 2.58 bits per heavy atom. The zero-order chi connectivity index (χ0) is 17.7. The van der Waals surface area contributed by atoms with Gasteiger partial charge in [-0.15, -0.1) is 0 Å². The lowest BCUT2D eigenvalue weighted by molar-refractivity contribution is 0.0943. The zero-order valence-electron chi connectivity index (χ0n) is 14.5. The van der Waals surface area contributed by atoms with Gasteiger partial charge in [0.1, 0.15) is 5.69 Å².